The Kier molecular flexibility index (Phi) is 3.98. The number of carbonyl (C=O) groups is 1. The second-order valence-corrected chi connectivity index (χ2v) is 4.74. The molecule has 122 valence electrons. The number of nitro groups is 1. The van der Waals surface area contributed by atoms with Gasteiger partial charge in [0.15, 0.2) is 11.5 Å². The molecule has 0 saturated heterocycles. The Hall–Kier alpha value is -3.62. The number of hydrazone groups is 1. The molecule has 2 N–H and O–H groups in total. The van der Waals surface area contributed by atoms with Gasteiger partial charge >= 0.3 is 5.97 Å². The first-order chi connectivity index (χ1) is 11.6. The van der Waals surface area contributed by atoms with Gasteiger partial charge in [-0.25, -0.2) is 4.79 Å². The summed E-state index contributed by atoms with van der Waals surface area (Å²) in [6.07, 6.45) is 1.22. The number of para-hydroxylation sites is 1. The number of ether oxygens (including phenoxy) is 2. The van der Waals surface area contributed by atoms with E-state index < -0.39 is 10.9 Å². The molecule has 2 aromatic rings. The summed E-state index contributed by atoms with van der Waals surface area (Å²) in [6, 6.07) is 8.88. The normalized spacial score (nSPS) is 12.3. The number of carboxylic acids is 1. The fraction of sp³-hybridized carbons (Fsp3) is 0.0667. The molecule has 1 heterocycles. The zero-order valence-corrected chi connectivity index (χ0v) is 12.1. The monoisotopic (exact) mass is 329 g/mol. The average molecular weight is 329 g/mol. The Bertz CT molecular complexity index is 849. The zero-order chi connectivity index (χ0) is 17.1. The van der Waals surface area contributed by atoms with Crippen LogP contribution in [-0.2, 0) is 0 Å². The Balaban J connectivity index is 1.88. The number of benzene rings is 2. The third-order valence-corrected chi connectivity index (χ3v) is 3.26. The van der Waals surface area contributed by atoms with Gasteiger partial charge in [-0.3, -0.25) is 15.5 Å². The van der Waals surface area contributed by atoms with E-state index >= 15 is 0 Å². The topological polar surface area (TPSA) is 123 Å². The highest BCUT2D eigenvalue weighted by atomic mass is 16.7. The van der Waals surface area contributed by atoms with Crippen molar-refractivity contribution in [3.05, 3.63) is 57.6 Å². The number of aromatic carboxylic acids is 1. The molecule has 1 aliphatic heterocycles. The first-order valence-electron chi connectivity index (χ1n) is 6.75. The highest BCUT2D eigenvalue weighted by molar-refractivity contribution is 5.94. The number of nitro benzene ring substituents is 1. The van der Waals surface area contributed by atoms with E-state index in [2.05, 4.69) is 10.5 Å². The molecule has 24 heavy (non-hydrogen) atoms. The Morgan fingerprint density at radius 3 is 2.71 bits per heavy atom. The molecule has 0 unspecified atom stereocenters. The molecule has 0 spiro atoms. The highest BCUT2D eigenvalue weighted by Gasteiger charge is 2.22. The fourth-order valence-electron chi connectivity index (χ4n) is 2.15. The predicted molar refractivity (Wildman–Crippen MR) is 83.8 cm³/mol. The Morgan fingerprint density at radius 2 is 2.00 bits per heavy atom. The van der Waals surface area contributed by atoms with E-state index in [4.69, 9.17) is 14.6 Å². The summed E-state index contributed by atoms with van der Waals surface area (Å²) in [5.41, 5.74) is 2.88. The maximum atomic E-state index is 11.1. The average Bonchev–Trinajstić information content (AvgIpc) is 3.01. The van der Waals surface area contributed by atoms with Gasteiger partial charge in [0, 0.05) is 0 Å². The van der Waals surface area contributed by atoms with Crippen LogP contribution in [0.1, 0.15) is 15.9 Å². The van der Waals surface area contributed by atoms with Crippen LogP contribution in [0, 0.1) is 10.1 Å². The minimum atomic E-state index is -1.11. The van der Waals surface area contributed by atoms with Gasteiger partial charge in [-0.1, -0.05) is 12.1 Å². The van der Waals surface area contributed by atoms with Gasteiger partial charge in [0.1, 0.15) is 0 Å². The molecule has 0 saturated carbocycles. The molecule has 0 atom stereocenters. The molecule has 0 radical (unpaired) electrons. The minimum absolute atomic E-state index is 0.00266. The van der Waals surface area contributed by atoms with Crippen LogP contribution in [-0.4, -0.2) is 29.0 Å². The number of nitrogens with zero attached hydrogens (tertiary/aromatic N) is 2. The molecular weight excluding hydrogens is 318 g/mol. The summed E-state index contributed by atoms with van der Waals surface area (Å²) in [7, 11) is 0. The molecule has 1 aliphatic rings. The van der Waals surface area contributed by atoms with Crippen molar-refractivity contribution in [1.82, 2.24) is 0 Å². The van der Waals surface area contributed by atoms with Crippen molar-refractivity contribution in [2.45, 2.75) is 0 Å². The number of hydrogen-bond acceptors (Lipinski definition) is 7. The standard InChI is InChI=1S/C15H11N3O6/c19-15(20)10-3-1-2-4-11(10)17-16-7-9-5-13-14(24-8-23-13)6-12(9)18(21)22/h1-7,17H,8H2,(H,19,20)/b16-7+. The van der Waals surface area contributed by atoms with Crippen LogP contribution in [0.4, 0.5) is 11.4 Å². The lowest BCUT2D eigenvalue weighted by atomic mass is 10.1. The minimum Gasteiger partial charge on any atom is -0.478 e. The van der Waals surface area contributed by atoms with Crippen LogP contribution in [0.2, 0.25) is 0 Å². The van der Waals surface area contributed by atoms with Crippen LogP contribution < -0.4 is 14.9 Å². The van der Waals surface area contributed by atoms with E-state index in [1.54, 1.807) is 12.1 Å². The maximum absolute atomic E-state index is 11.1. The van der Waals surface area contributed by atoms with Crippen LogP contribution in [0.5, 0.6) is 11.5 Å². The lowest BCUT2D eigenvalue weighted by Crippen LogP contribution is -2.02. The van der Waals surface area contributed by atoms with Gasteiger partial charge in [0.2, 0.25) is 6.79 Å². The van der Waals surface area contributed by atoms with E-state index in [9.17, 15) is 14.9 Å². The largest absolute Gasteiger partial charge is 0.478 e. The molecule has 2 aromatic carbocycles. The third kappa shape index (κ3) is 2.95. The van der Waals surface area contributed by atoms with E-state index in [0.29, 0.717) is 11.5 Å². The van der Waals surface area contributed by atoms with E-state index in [0.717, 1.165) is 0 Å². The summed E-state index contributed by atoms with van der Waals surface area (Å²) < 4.78 is 10.3. The summed E-state index contributed by atoms with van der Waals surface area (Å²) in [4.78, 5) is 21.7. The molecular formula is C15H11N3O6. The number of carboxylic acid groups (broad SMARTS) is 1. The van der Waals surface area contributed by atoms with Crippen molar-refractivity contribution >= 4 is 23.6 Å². The second kappa shape index (κ2) is 6.24. The van der Waals surface area contributed by atoms with Crippen LogP contribution in [0.25, 0.3) is 0 Å². The van der Waals surface area contributed by atoms with Gasteiger partial charge in [0.05, 0.1) is 34.0 Å². The van der Waals surface area contributed by atoms with Gasteiger partial charge in [-0.15, -0.1) is 0 Å². The fourth-order valence-corrected chi connectivity index (χ4v) is 2.15. The van der Waals surface area contributed by atoms with Crippen LogP contribution >= 0.6 is 0 Å². The van der Waals surface area contributed by atoms with Crippen LogP contribution in [0.3, 0.4) is 0 Å². The third-order valence-electron chi connectivity index (χ3n) is 3.26. The lowest BCUT2D eigenvalue weighted by Gasteiger charge is -2.04. The highest BCUT2D eigenvalue weighted by Crippen LogP contribution is 2.37. The molecule has 3 rings (SSSR count). The van der Waals surface area contributed by atoms with Crippen molar-refractivity contribution in [1.29, 1.82) is 0 Å². The Labute approximate surface area is 135 Å². The van der Waals surface area contributed by atoms with E-state index in [1.165, 1.54) is 30.5 Å². The number of anilines is 1. The van der Waals surface area contributed by atoms with Crippen molar-refractivity contribution in [2.75, 3.05) is 12.2 Å². The molecule has 0 bridgehead atoms. The molecule has 0 aliphatic carbocycles. The first-order valence-corrected chi connectivity index (χ1v) is 6.75. The number of hydrogen-bond donors (Lipinski definition) is 2. The van der Waals surface area contributed by atoms with Gasteiger partial charge in [-0.05, 0) is 18.2 Å². The van der Waals surface area contributed by atoms with Crippen LogP contribution in [0.15, 0.2) is 41.5 Å². The van der Waals surface area contributed by atoms with Crippen molar-refractivity contribution in [3.63, 3.8) is 0 Å². The summed E-state index contributed by atoms with van der Waals surface area (Å²) >= 11 is 0. The Morgan fingerprint density at radius 1 is 1.29 bits per heavy atom. The summed E-state index contributed by atoms with van der Waals surface area (Å²) in [5, 5.41) is 24.1. The SMILES string of the molecule is O=C(O)c1ccccc1N/N=C/c1cc2c(cc1[N+](=O)[O-])OCO2. The zero-order valence-electron chi connectivity index (χ0n) is 12.1. The molecule has 0 amide bonds. The van der Waals surface area contributed by atoms with Crippen molar-refractivity contribution in [3.8, 4) is 11.5 Å². The number of fused-ring (bicyclic) bond motifs is 1. The van der Waals surface area contributed by atoms with Gasteiger partial charge in [-0.2, -0.15) is 5.10 Å². The van der Waals surface area contributed by atoms with Crippen molar-refractivity contribution in [2.24, 2.45) is 5.10 Å². The summed E-state index contributed by atoms with van der Waals surface area (Å²) in [5.74, 6) is -0.432. The van der Waals surface area contributed by atoms with Crippen molar-refractivity contribution < 1.29 is 24.3 Å². The van der Waals surface area contributed by atoms with Gasteiger partial charge < -0.3 is 14.6 Å². The molecule has 0 fully saturated rings. The van der Waals surface area contributed by atoms with E-state index in [-0.39, 0.29) is 29.3 Å². The lowest BCUT2D eigenvalue weighted by molar-refractivity contribution is -0.385. The number of rotatable bonds is 5. The predicted octanol–water partition coefficient (Wildman–Crippen LogP) is 2.47. The quantitative estimate of drug-likeness (QED) is 0.490. The molecule has 9 nitrogen and oxygen atoms in total. The van der Waals surface area contributed by atoms with E-state index in [1.807, 2.05) is 0 Å². The second-order valence-electron chi connectivity index (χ2n) is 4.74. The first kappa shape index (κ1) is 15.3. The molecule has 9 heteroatoms. The molecule has 0 aromatic heterocycles. The van der Waals surface area contributed by atoms with Gasteiger partial charge in [0.25, 0.3) is 5.69 Å². The summed E-state index contributed by atoms with van der Waals surface area (Å²) in [6.45, 7) is -0.00266. The maximum Gasteiger partial charge on any atom is 0.337 e. The smallest absolute Gasteiger partial charge is 0.337 e. The number of nitrogens with one attached hydrogen (secondary N) is 1.